The van der Waals surface area contributed by atoms with E-state index >= 15 is 0 Å². The summed E-state index contributed by atoms with van der Waals surface area (Å²) >= 11 is 1.78. The first kappa shape index (κ1) is 22.0. The summed E-state index contributed by atoms with van der Waals surface area (Å²) in [6.45, 7) is 8.71. The number of nitrogens with zero attached hydrogens (tertiary/aromatic N) is 2. The van der Waals surface area contributed by atoms with Gasteiger partial charge in [0.25, 0.3) is 0 Å². The maximum Gasteiger partial charge on any atom is 0.191 e. The van der Waals surface area contributed by atoms with Crippen molar-refractivity contribution in [2.75, 3.05) is 33.9 Å². The average molecular weight is 405 g/mol. The van der Waals surface area contributed by atoms with Crippen LogP contribution in [-0.2, 0) is 19.3 Å². The number of ether oxygens (including phenoxy) is 2. The molecule has 0 aliphatic carbocycles. The topological polar surface area (TPSA) is 67.8 Å². The summed E-state index contributed by atoms with van der Waals surface area (Å²) in [7, 11) is 3.30. The van der Waals surface area contributed by atoms with Gasteiger partial charge in [-0.3, -0.25) is 4.99 Å². The molecule has 154 valence electrons. The summed E-state index contributed by atoms with van der Waals surface area (Å²) in [5.74, 6) is 2.34. The Morgan fingerprint density at radius 3 is 2.54 bits per heavy atom. The van der Waals surface area contributed by atoms with E-state index in [4.69, 9.17) is 9.47 Å². The Kier molecular flexibility index (Phi) is 9.07. The zero-order valence-electron chi connectivity index (χ0n) is 17.6. The zero-order chi connectivity index (χ0) is 20.4. The summed E-state index contributed by atoms with van der Waals surface area (Å²) in [5.41, 5.74) is 2.40. The first-order valence-electron chi connectivity index (χ1n) is 9.79. The van der Waals surface area contributed by atoms with Crippen LogP contribution in [-0.4, -0.2) is 44.8 Å². The number of benzene rings is 1. The Bertz CT molecular complexity index is 774. The molecule has 0 bridgehead atoms. The molecule has 2 rings (SSSR count). The van der Waals surface area contributed by atoms with Crippen LogP contribution in [0.25, 0.3) is 0 Å². The largest absolute Gasteiger partial charge is 0.493 e. The molecule has 0 atom stereocenters. The maximum atomic E-state index is 5.37. The molecule has 0 saturated carbocycles. The van der Waals surface area contributed by atoms with Crippen LogP contribution in [0.4, 0.5) is 0 Å². The van der Waals surface area contributed by atoms with Crippen molar-refractivity contribution in [1.29, 1.82) is 0 Å². The van der Waals surface area contributed by atoms with Gasteiger partial charge >= 0.3 is 0 Å². The van der Waals surface area contributed by atoms with Crippen molar-refractivity contribution in [3.8, 4) is 11.5 Å². The minimum Gasteiger partial charge on any atom is -0.493 e. The minimum atomic E-state index is 0.724. The first-order valence-corrected chi connectivity index (χ1v) is 10.6. The van der Waals surface area contributed by atoms with Gasteiger partial charge in [-0.25, -0.2) is 4.98 Å². The second-order valence-corrected chi connectivity index (χ2v) is 7.63. The first-order chi connectivity index (χ1) is 13.6. The third-order valence-electron chi connectivity index (χ3n) is 4.37. The van der Waals surface area contributed by atoms with Crippen molar-refractivity contribution in [2.24, 2.45) is 4.99 Å². The van der Waals surface area contributed by atoms with E-state index < -0.39 is 0 Å². The van der Waals surface area contributed by atoms with Crippen LogP contribution in [0.15, 0.2) is 23.2 Å². The Hall–Kier alpha value is -2.28. The molecule has 2 N–H and O–H groups in total. The van der Waals surface area contributed by atoms with E-state index in [-0.39, 0.29) is 0 Å². The van der Waals surface area contributed by atoms with Gasteiger partial charge in [0, 0.05) is 30.9 Å². The summed E-state index contributed by atoms with van der Waals surface area (Å²) in [6, 6.07) is 6.01. The molecule has 2 aromatic rings. The number of nitrogens with one attached hydrogen (secondary N) is 2. The van der Waals surface area contributed by atoms with Gasteiger partial charge < -0.3 is 20.1 Å². The van der Waals surface area contributed by atoms with E-state index in [2.05, 4.69) is 47.4 Å². The Balaban J connectivity index is 1.87. The number of aliphatic imine (C=N–C) groups is 1. The molecule has 28 heavy (non-hydrogen) atoms. The number of hydrogen-bond acceptors (Lipinski definition) is 5. The van der Waals surface area contributed by atoms with Crippen LogP contribution in [0.3, 0.4) is 0 Å². The summed E-state index contributed by atoms with van der Waals surface area (Å²) in [6.07, 6.45) is 2.74. The van der Waals surface area contributed by atoms with Crippen LogP contribution >= 0.6 is 11.3 Å². The highest BCUT2D eigenvalue weighted by Crippen LogP contribution is 2.27. The molecule has 0 unspecified atom stereocenters. The van der Waals surface area contributed by atoms with Gasteiger partial charge in [-0.2, -0.15) is 0 Å². The van der Waals surface area contributed by atoms with Crippen LogP contribution in [0.2, 0.25) is 0 Å². The minimum absolute atomic E-state index is 0.724. The van der Waals surface area contributed by atoms with E-state index in [1.54, 1.807) is 25.6 Å². The lowest BCUT2D eigenvalue weighted by Gasteiger charge is -2.12. The van der Waals surface area contributed by atoms with Crippen LogP contribution in [0.1, 0.15) is 35.0 Å². The molecule has 0 amide bonds. The monoisotopic (exact) mass is 404 g/mol. The van der Waals surface area contributed by atoms with Crippen molar-refractivity contribution >= 4 is 17.3 Å². The standard InChI is InChI=1S/C21H32N4O2S/c1-6-17-15(3)28-20(25-17)11-13-24-21(22-7-2)23-12-10-16-8-9-18(26-4)19(14-16)27-5/h8-9,14H,6-7,10-13H2,1-5H3,(H2,22,23,24). The molecule has 0 saturated heterocycles. The summed E-state index contributed by atoms with van der Waals surface area (Å²) in [5, 5.41) is 7.87. The predicted molar refractivity (Wildman–Crippen MR) is 117 cm³/mol. The van der Waals surface area contributed by atoms with Crippen LogP contribution in [0.5, 0.6) is 11.5 Å². The van der Waals surface area contributed by atoms with Gasteiger partial charge in [-0.05, 0) is 44.4 Å². The highest BCUT2D eigenvalue weighted by Gasteiger charge is 2.07. The van der Waals surface area contributed by atoms with Gasteiger partial charge in [-0.15, -0.1) is 11.3 Å². The fraction of sp³-hybridized carbons (Fsp3) is 0.524. The predicted octanol–water partition coefficient (Wildman–Crippen LogP) is 3.37. The normalized spacial score (nSPS) is 11.4. The lowest BCUT2D eigenvalue weighted by molar-refractivity contribution is 0.354. The molecule has 1 aromatic carbocycles. The van der Waals surface area contributed by atoms with E-state index in [1.807, 2.05) is 12.1 Å². The molecular formula is C21H32N4O2S. The Morgan fingerprint density at radius 1 is 1.11 bits per heavy atom. The van der Waals surface area contributed by atoms with Crippen molar-refractivity contribution in [2.45, 2.75) is 40.0 Å². The number of hydrogen-bond donors (Lipinski definition) is 2. The number of rotatable bonds is 10. The Morgan fingerprint density at radius 2 is 1.89 bits per heavy atom. The fourth-order valence-electron chi connectivity index (χ4n) is 2.89. The number of thiazole rings is 1. The van der Waals surface area contributed by atoms with E-state index in [1.165, 1.54) is 21.1 Å². The van der Waals surface area contributed by atoms with Crippen LogP contribution in [0, 0.1) is 6.92 Å². The van der Waals surface area contributed by atoms with Crippen molar-refractivity contribution in [3.05, 3.63) is 39.3 Å². The highest BCUT2D eigenvalue weighted by molar-refractivity contribution is 7.11. The summed E-state index contributed by atoms with van der Waals surface area (Å²) < 4.78 is 10.7. The third-order valence-corrected chi connectivity index (χ3v) is 5.44. The summed E-state index contributed by atoms with van der Waals surface area (Å²) in [4.78, 5) is 10.7. The second-order valence-electron chi connectivity index (χ2n) is 6.34. The van der Waals surface area contributed by atoms with Gasteiger partial charge in [0.2, 0.25) is 0 Å². The third kappa shape index (κ3) is 6.41. The van der Waals surface area contributed by atoms with Crippen molar-refractivity contribution in [3.63, 3.8) is 0 Å². The van der Waals surface area contributed by atoms with E-state index in [9.17, 15) is 0 Å². The Labute approximate surface area is 172 Å². The molecule has 7 heteroatoms. The molecule has 0 aliphatic rings. The van der Waals surface area contributed by atoms with E-state index in [0.717, 1.165) is 56.4 Å². The average Bonchev–Trinajstić information content (AvgIpc) is 3.07. The van der Waals surface area contributed by atoms with Gasteiger partial charge in [-0.1, -0.05) is 13.0 Å². The van der Waals surface area contributed by atoms with Gasteiger partial charge in [0.15, 0.2) is 17.5 Å². The lowest BCUT2D eigenvalue weighted by Crippen LogP contribution is -2.38. The van der Waals surface area contributed by atoms with E-state index in [0.29, 0.717) is 0 Å². The SMILES string of the molecule is CCNC(=NCCc1nc(CC)c(C)s1)NCCc1ccc(OC)c(OC)c1. The van der Waals surface area contributed by atoms with Crippen molar-refractivity contribution in [1.82, 2.24) is 15.6 Å². The number of aromatic nitrogens is 1. The number of guanidine groups is 1. The molecule has 0 aliphatic heterocycles. The molecule has 0 fully saturated rings. The molecule has 0 spiro atoms. The number of methoxy groups -OCH3 is 2. The fourth-order valence-corrected chi connectivity index (χ4v) is 3.90. The maximum absolute atomic E-state index is 5.37. The molecular weight excluding hydrogens is 372 g/mol. The highest BCUT2D eigenvalue weighted by atomic mass is 32.1. The molecule has 6 nitrogen and oxygen atoms in total. The molecule has 1 aromatic heterocycles. The smallest absolute Gasteiger partial charge is 0.191 e. The van der Waals surface area contributed by atoms with Crippen molar-refractivity contribution < 1.29 is 9.47 Å². The zero-order valence-corrected chi connectivity index (χ0v) is 18.4. The number of aryl methyl sites for hydroxylation is 2. The quantitative estimate of drug-likeness (QED) is 0.469. The van der Waals surface area contributed by atoms with Crippen LogP contribution < -0.4 is 20.1 Å². The molecule has 0 radical (unpaired) electrons. The van der Waals surface area contributed by atoms with Gasteiger partial charge in [0.1, 0.15) is 0 Å². The molecule has 1 heterocycles. The lowest BCUT2D eigenvalue weighted by atomic mass is 10.1. The van der Waals surface area contributed by atoms with Gasteiger partial charge in [0.05, 0.1) is 24.9 Å². The second kappa shape index (κ2) is 11.5.